The second-order valence-corrected chi connectivity index (χ2v) is 7.70. The summed E-state index contributed by atoms with van der Waals surface area (Å²) in [6.07, 6.45) is 3.17. The van der Waals surface area contributed by atoms with Gasteiger partial charge in [-0.1, -0.05) is 31.9 Å². The fourth-order valence-corrected chi connectivity index (χ4v) is 4.22. The average Bonchev–Trinajstić information content (AvgIpc) is 3.34. The number of carbonyl (C=O) groups excluding carboxylic acids is 1. The van der Waals surface area contributed by atoms with Crippen molar-refractivity contribution in [3.05, 3.63) is 65.4 Å². The summed E-state index contributed by atoms with van der Waals surface area (Å²) in [6, 6.07) is 15.6. The summed E-state index contributed by atoms with van der Waals surface area (Å²) < 4.78 is 11.0. The summed E-state index contributed by atoms with van der Waals surface area (Å²) >= 11 is 0. The number of unbranched alkanes of at least 4 members (excludes halogenated alkanes) is 2. The number of aromatic nitrogens is 2. The van der Waals surface area contributed by atoms with E-state index in [4.69, 9.17) is 9.47 Å². The first-order valence-corrected chi connectivity index (χ1v) is 10.9. The molecule has 2 heterocycles. The molecule has 1 atom stereocenters. The number of fused-ring (bicyclic) bond motifs is 1. The molecule has 0 fully saturated rings. The summed E-state index contributed by atoms with van der Waals surface area (Å²) in [5.41, 5.74) is 4.29. The summed E-state index contributed by atoms with van der Waals surface area (Å²) in [7, 11) is 1.65. The summed E-state index contributed by atoms with van der Waals surface area (Å²) in [6.45, 7) is 5.45. The SMILES string of the molecule is CCCCCN1C(=O)c2[nH]nc(-c3ccc(OC)cc3)c2C1c1cccc(OCC)c1. The van der Waals surface area contributed by atoms with Gasteiger partial charge in [0.1, 0.15) is 17.2 Å². The third-order valence-corrected chi connectivity index (χ3v) is 5.71. The predicted octanol–water partition coefficient (Wildman–Crippen LogP) is 5.22. The molecule has 0 radical (unpaired) electrons. The van der Waals surface area contributed by atoms with E-state index in [0.717, 1.165) is 53.1 Å². The lowest BCUT2D eigenvalue weighted by atomic mass is 9.95. The van der Waals surface area contributed by atoms with Crippen LogP contribution >= 0.6 is 0 Å². The highest BCUT2D eigenvalue weighted by Gasteiger charge is 2.41. The molecule has 1 N–H and O–H groups in total. The quantitative estimate of drug-likeness (QED) is 0.483. The number of ether oxygens (including phenoxy) is 2. The molecule has 0 saturated heterocycles. The number of carbonyl (C=O) groups is 1. The van der Waals surface area contributed by atoms with Crippen LogP contribution in [0.25, 0.3) is 11.3 Å². The standard InChI is InChI=1S/C25H29N3O3/c1-4-6-7-15-28-24(18-9-8-10-20(16-18)31-5-2)21-22(26-27-23(21)25(28)29)17-11-13-19(30-3)14-12-17/h8-14,16,24H,4-7,15H2,1-3H3,(H,26,27). The second-order valence-electron chi connectivity index (χ2n) is 7.70. The normalized spacial score (nSPS) is 15.3. The van der Waals surface area contributed by atoms with Crippen LogP contribution in [-0.2, 0) is 0 Å². The minimum Gasteiger partial charge on any atom is -0.497 e. The van der Waals surface area contributed by atoms with Crippen molar-refractivity contribution in [1.82, 2.24) is 15.1 Å². The van der Waals surface area contributed by atoms with Gasteiger partial charge in [-0.15, -0.1) is 0 Å². The number of aromatic amines is 1. The number of amides is 1. The zero-order chi connectivity index (χ0) is 21.8. The largest absolute Gasteiger partial charge is 0.497 e. The lowest BCUT2D eigenvalue weighted by Crippen LogP contribution is -2.30. The third kappa shape index (κ3) is 4.02. The van der Waals surface area contributed by atoms with Gasteiger partial charge < -0.3 is 14.4 Å². The van der Waals surface area contributed by atoms with Gasteiger partial charge in [-0.05, 0) is 55.3 Å². The molecule has 31 heavy (non-hydrogen) atoms. The van der Waals surface area contributed by atoms with E-state index in [0.29, 0.717) is 18.8 Å². The first-order chi connectivity index (χ1) is 15.2. The Morgan fingerprint density at radius 3 is 2.58 bits per heavy atom. The molecule has 1 aliphatic rings. The van der Waals surface area contributed by atoms with E-state index in [9.17, 15) is 4.79 Å². The van der Waals surface area contributed by atoms with Gasteiger partial charge >= 0.3 is 0 Å². The Hall–Kier alpha value is -3.28. The fraction of sp³-hybridized carbons (Fsp3) is 0.360. The van der Waals surface area contributed by atoms with Crippen LogP contribution in [0.4, 0.5) is 0 Å². The van der Waals surface area contributed by atoms with Crippen molar-refractivity contribution in [2.45, 2.75) is 39.2 Å². The second kappa shape index (κ2) is 9.25. The van der Waals surface area contributed by atoms with E-state index >= 15 is 0 Å². The first-order valence-electron chi connectivity index (χ1n) is 10.9. The molecule has 0 spiro atoms. The van der Waals surface area contributed by atoms with E-state index in [1.54, 1.807) is 7.11 Å². The minimum atomic E-state index is -0.199. The van der Waals surface area contributed by atoms with Crippen LogP contribution in [0.15, 0.2) is 48.5 Å². The van der Waals surface area contributed by atoms with E-state index in [2.05, 4.69) is 23.2 Å². The van der Waals surface area contributed by atoms with Gasteiger partial charge in [-0.3, -0.25) is 9.89 Å². The molecule has 1 aromatic heterocycles. The highest BCUT2D eigenvalue weighted by Crippen LogP contribution is 2.43. The van der Waals surface area contributed by atoms with Crippen molar-refractivity contribution in [2.24, 2.45) is 0 Å². The molecular formula is C25H29N3O3. The molecule has 0 bridgehead atoms. The maximum Gasteiger partial charge on any atom is 0.273 e. The van der Waals surface area contributed by atoms with Crippen LogP contribution in [0, 0.1) is 0 Å². The van der Waals surface area contributed by atoms with E-state index < -0.39 is 0 Å². The topological polar surface area (TPSA) is 67.5 Å². The number of nitrogens with zero attached hydrogens (tertiary/aromatic N) is 2. The average molecular weight is 420 g/mol. The van der Waals surface area contributed by atoms with Crippen molar-refractivity contribution < 1.29 is 14.3 Å². The van der Waals surface area contributed by atoms with E-state index in [1.807, 2.05) is 54.3 Å². The molecule has 1 unspecified atom stereocenters. The molecular weight excluding hydrogens is 390 g/mol. The minimum absolute atomic E-state index is 0.00479. The molecule has 6 nitrogen and oxygen atoms in total. The maximum atomic E-state index is 13.3. The smallest absolute Gasteiger partial charge is 0.273 e. The monoisotopic (exact) mass is 419 g/mol. The van der Waals surface area contributed by atoms with Gasteiger partial charge in [-0.2, -0.15) is 5.10 Å². The van der Waals surface area contributed by atoms with Crippen molar-refractivity contribution >= 4 is 5.91 Å². The number of H-pyrrole nitrogens is 1. The Kier molecular flexibility index (Phi) is 6.26. The molecule has 0 aliphatic carbocycles. The highest BCUT2D eigenvalue weighted by molar-refractivity contribution is 6.00. The lowest BCUT2D eigenvalue weighted by Gasteiger charge is -2.26. The van der Waals surface area contributed by atoms with Crippen LogP contribution in [0.3, 0.4) is 0 Å². The number of rotatable bonds is 9. The number of nitrogens with one attached hydrogen (secondary N) is 1. The molecule has 162 valence electrons. The molecule has 4 rings (SSSR count). The maximum absolute atomic E-state index is 13.3. The van der Waals surface area contributed by atoms with Crippen LogP contribution in [0.2, 0.25) is 0 Å². The molecule has 1 aliphatic heterocycles. The van der Waals surface area contributed by atoms with Crippen LogP contribution in [0.5, 0.6) is 11.5 Å². The van der Waals surface area contributed by atoms with Crippen molar-refractivity contribution in [1.29, 1.82) is 0 Å². The molecule has 2 aromatic carbocycles. The van der Waals surface area contributed by atoms with Crippen LogP contribution < -0.4 is 9.47 Å². The Morgan fingerprint density at radius 1 is 1.06 bits per heavy atom. The molecule has 1 amide bonds. The molecule has 0 saturated carbocycles. The van der Waals surface area contributed by atoms with Crippen LogP contribution in [0.1, 0.15) is 60.8 Å². The van der Waals surface area contributed by atoms with Crippen molar-refractivity contribution in [3.8, 4) is 22.8 Å². The van der Waals surface area contributed by atoms with E-state index in [1.165, 1.54) is 0 Å². The predicted molar refractivity (Wildman–Crippen MR) is 121 cm³/mol. The summed E-state index contributed by atoms with van der Waals surface area (Å²) in [5.74, 6) is 1.60. The first kappa shape index (κ1) is 21.0. The third-order valence-electron chi connectivity index (χ3n) is 5.71. The molecule has 6 heteroatoms. The van der Waals surface area contributed by atoms with Gasteiger partial charge in [-0.25, -0.2) is 0 Å². The Bertz CT molecular complexity index is 1040. The fourth-order valence-electron chi connectivity index (χ4n) is 4.22. The van der Waals surface area contributed by atoms with Crippen molar-refractivity contribution in [3.63, 3.8) is 0 Å². The van der Waals surface area contributed by atoms with Gasteiger partial charge in [0.15, 0.2) is 0 Å². The number of methoxy groups -OCH3 is 1. The van der Waals surface area contributed by atoms with Crippen molar-refractivity contribution in [2.75, 3.05) is 20.3 Å². The zero-order valence-corrected chi connectivity index (χ0v) is 18.4. The Balaban J connectivity index is 1.79. The Morgan fingerprint density at radius 2 is 1.87 bits per heavy atom. The van der Waals surface area contributed by atoms with Gasteiger partial charge in [0.05, 0.1) is 25.5 Å². The number of hydrogen-bond donors (Lipinski definition) is 1. The number of benzene rings is 2. The van der Waals surface area contributed by atoms with Gasteiger partial charge in [0.25, 0.3) is 5.91 Å². The highest BCUT2D eigenvalue weighted by atomic mass is 16.5. The zero-order valence-electron chi connectivity index (χ0n) is 18.4. The lowest BCUT2D eigenvalue weighted by molar-refractivity contribution is 0.0740. The van der Waals surface area contributed by atoms with E-state index in [-0.39, 0.29) is 11.9 Å². The summed E-state index contributed by atoms with van der Waals surface area (Å²) in [5, 5.41) is 7.55. The van der Waals surface area contributed by atoms with Gasteiger partial charge in [0, 0.05) is 17.7 Å². The number of hydrogen-bond acceptors (Lipinski definition) is 4. The summed E-state index contributed by atoms with van der Waals surface area (Å²) in [4.78, 5) is 15.3. The van der Waals surface area contributed by atoms with Gasteiger partial charge in [0.2, 0.25) is 0 Å². The van der Waals surface area contributed by atoms with Crippen LogP contribution in [-0.4, -0.2) is 41.3 Å². The Labute approximate surface area is 183 Å². The molecule has 3 aromatic rings.